The molecular formula is C9H23OPSi. The van der Waals surface area contributed by atoms with Crippen molar-refractivity contribution in [3.8, 4) is 0 Å². The van der Waals surface area contributed by atoms with Crippen LogP contribution in [0.3, 0.4) is 0 Å². The molecule has 0 radical (unpaired) electrons. The van der Waals surface area contributed by atoms with Gasteiger partial charge in [-0.3, -0.25) is 0 Å². The highest BCUT2D eigenvalue weighted by molar-refractivity contribution is 8.00. The van der Waals surface area contributed by atoms with Crippen molar-refractivity contribution < 1.29 is 4.57 Å². The highest BCUT2D eigenvalue weighted by atomic mass is 31.4. The standard InChI is InChI=1S/C9H23OPSi/c1-8(2)11(10,9(3)4)12(5,6)7/h8-9H,1-7H3. The van der Waals surface area contributed by atoms with Gasteiger partial charge < -0.3 is 4.57 Å². The molecule has 0 atom stereocenters. The predicted octanol–water partition coefficient (Wildman–Crippen LogP) is 4.00. The van der Waals surface area contributed by atoms with Crippen molar-refractivity contribution in [3.05, 3.63) is 0 Å². The molecule has 0 rings (SSSR count). The average molecular weight is 206 g/mol. The van der Waals surface area contributed by atoms with Gasteiger partial charge in [0.1, 0.15) is 7.74 Å². The van der Waals surface area contributed by atoms with Gasteiger partial charge in [-0.1, -0.05) is 47.3 Å². The fraction of sp³-hybridized carbons (Fsp3) is 1.00. The highest BCUT2D eigenvalue weighted by Gasteiger charge is 2.42. The van der Waals surface area contributed by atoms with Gasteiger partial charge >= 0.3 is 0 Å². The molecule has 0 saturated carbocycles. The number of rotatable bonds is 3. The van der Waals surface area contributed by atoms with Crippen LogP contribution in [-0.4, -0.2) is 19.1 Å². The van der Waals surface area contributed by atoms with Crippen LogP contribution < -0.4 is 0 Å². The van der Waals surface area contributed by atoms with E-state index in [1.165, 1.54) is 0 Å². The van der Waals surface area contributed by atoms with Gasteiger partial charge in [0.25, 0.3) is 0 Å². The first-order valence-corrected chi connectivity index (χ1v) is 10.9. The van der Waals surface area contributed by atoms with Crippen molar-refractivity contribution in [2.24, 2.45) is 0 Å². The van der Waals surface area contributed by atoms with Crippen molar-refractivity contribution >= 4 is 14.4 Å². The summed E-state index contributed by atoms with van der Waals surface area (Å²) >= 11 is 0. The van der Waals surface area contributed by atoms with E-state index in [0.717, 1.165) is 0 Å². The molecule has 0 saturated heterocycles. The molecule has 1 nitrogen and oxygen atoms in total. The molecule has 0 aliphatic rings. The zero-order valence-electron chi connectivity index (χ0n) is 9.51. The molecule has 0 unspecified atom stereocenters. The number of hydrogen-bond acceptors (Lipinski definition) is 1. The minimum Gasteiger partial charge on any atom is -0.328 e. The van der Waals surface area contributed by atoms with E-state index in [9.17, 15) is 4.57 Å². The quantitative estimate of drug-likeness (QED) is 0.504. The van der Waals surface area contributed by atoms with Gasteiger partial charge in [-0.2, -0.15) is 0 Å². The minimum atomic E-state index is -1.91. The largest absolute Gasteiger partial charge is 0.328 e. The molecule has 0 amide bonds. The van der Waals surface area contributed by atoms with Crippen molar-refractivity contribution in [1.29, 1.82) is 0 Å². The summed E-state index contributed by atoms with van der Waals surface area (Å²) in [7, 11) is -1.48. The molecule has 0 fully saturated rings. The maximum Gasteiger partial charge on any atom is 0.119 e. The van der Waals surface area contributed by atoms with E-state index in [1.807, 2.05) is 0 Å². The molecule has 0 bridgehead atoms. The fourth-order valence-electron chi connectivity index (χ4n) is 2.15. The van der Waals surface area contributed by atoms with E-state index >= 15 is 0 Å². The van der Waals surface area contributed by atoms with Crippen molar-refractivity contribution in [1.82, 2.24) is 0 Å². The first-order chi connectivity index (χ1) is 5.14. The van der Waals surface area contributed by atoms with Crippen LogP contribution in [0, 0.1) is 0 Å². The molecule has 3 heteroatoms. The second-order valence-corrected chi connectivity index (χ2v) is 19.0. The van der Waals surface area contributed by atoms with Gasteiger partial charge in [0.2, 0.25) is 0 Å². The smallest absolute Gasteiger partial charge is 0.119 e. The second-order valence-electron chi connectivity index (χ2n) is 5.07. The van der Waals surface area contributed by atoms with Crippen molar-refractivity contribution in [3.63, 3.8) is 0 Å². The average Bonchev–Trinajstić information content (AvgIpc) is 1.82. The summed E-state index contributed by atoms with van der Waals surface area (Å²) in [5, 5.41) is 0. The van der Waals surface area contributed by atoms with Gasteiger partial charge in [0.15, 0.2) is 0 Å². The second kappa shape index (κ2) is 3.67. The Balaban J connectivity index is 5.04. The van der Waals surface area contributed by atoms with Gasteiger partial charge in [-0.25, -0.2) is 0 Å². The third kappa shape index (κ3) is 2.03. The number of hydrogen-bond donors (Lipinski definition) is 0. The maximum atomic E-state index is 12.7. The Morgan fingerprint density at radius 1 is 0.917 bits per heavy atom. The summed E-state index contributed by atoms with van der Waals surface area (Å²) in [4.78, 5) is 0. The molecule has 0 aliphatic heterocycles. The van der Waals surface area contributed by atoms with E-state index in [1.54, 1.807) is 0 Å². The lowest BCUT2D eigenvalue weighted by Gasteiger charge is -2.36. The molecule has 0 aromatic carbocycles. The van der Waals surface area contributed by atoms with Crippen LogP contribution in [0.1, 0.15) is 27.7 Å². The normalized spacial score (nSPS) is 14.4. The van der Waals surface area contributed by atoms with E-state index in [-0.39, 0.29) is 0 Å². The van der Waals surface area contributed by atoms with Crippen LogP contribution in [0.25, 0.3) is 0 Å². The first kappa shape index (κ1) is 12.4. The highest BCUT2D eigenvalue weighted by Crippen LogP contribution is 2.62. The van der Waals surface area contributed by atoms with Crippen molar-refractivity contribution in [2.75, 3.05) is 0 Å². The van der Waals surface area contributed by atoms with E-state index in [0.29, 0.717) is 11.3 Å². The molecule has 0 aromatic rings. The van der Waals surface area contributed by atoms with Crippen LogP contribution in [0.2, 0.25) is 19.6 Å². The third-order valence-electron chi connectivity index (χ3n) is 2.58. The first-order valence-electron chi connectivity index (χ1n) is 4.73. The van der Waals surface area contributed by atoms with Gasteiger partial charge in [-0.05, 0) is 0 Å². The maximum absolute atomic E-state index is 12.7. The molecule has 0 aliphatic carbocycles. The zero-order chi connectivity index (χ0) is 10.2. The van der Waals surface area contributed by atoms with Crippen molar-refractivity contribution in [2.45, 2.75) is 58.7 Å². The molecule has 0 aromatic heterocycles. The lowest BCUT2D eigenvalue weighted by atomic mass is 10.5. The zero-order valence-corrected chi connectivity index (χ0v) is 11.4. The predicted molar refractivity (Wildman–Crippen MR) is 61.2 cm³/mol. The lowest BCUT2D eigenvalue weighted by molar-refractivity contribution is 0.571. The van der Waals surface area contributed by atoms with Crippen LogP contribution in [-0.2, 0) is 4.57 Å². The Labute approximate surface area is 78.2 Å². The monoisotopic (exact) mass is 206 g/mol. The van der Waals surface area contributed by atoms with E-state index in [4.69, 9.17) is 0 Å². The third-order valence-corrected chi connectivity index (χ3v) is 17.1. The summed E-state index contributed by atoms with van der Waals surface area (Å²) in [5.41, 5.74) is 0.730. The molecule has 74 valence electrons. The van der Waals surface area contributed by atoms with Crippen LogP contribution in [0.4, 0.5) is 0 Å². The Morgan fingerprint density at radius 3 is 1.17 bits per heavy atom. The van der Waals surface area contributed by atoms with Gasteiger partial charge in [0.05, 0.1) is 6.69 Å². The summed E-state index contributed by atoms with van der Waals surface area (Å²) in [6, 6.07) is 0. The van der Waals surface area contributed by atoms with Crippen LogP contribution in [0.5, 0.6) is 0 Å². The van der Waals surface area contributed by atoms with Crippen LogP contribution in [0.15, 0.2) is 0 Å². The fourth-order valence-corrected chi connectivity index (χ4v) is 15.7. The van der Waals surface area contributed by atoms with Gasteiger partial charge in [-0.15, -0.1) is 0 Å². The summed E-state index contributed by atoms with van der Waals surface area (Å²) in [6.45, 7) is 13.2. The van der Waals surface area contributed by atoms with Crippen LogP contribution >= 0.6 is 6.69 Å². The Morgan fingerprint density at radius 2 is 1.17 bits per heavy atom. The minimum absolute atomic E-state index is 0.365. The van der Waals surface area contributed by atoms with Gasteiger partial charge in [0, 0.05) is 11.3 Å². The molecule has 0 heterocycles. The summed E-state index contributed by atoms with van der Waals surface area (Å²) in [6.07, 6.45) is 0. The Kier molecular flexibility index (Phi) is 3.81. The molecule has 12 heavy (non-hydrogen) atoms. The topological polar surface area (TPSA) is 17.1 Å². The SMILES string of the molecule is CC(C)P(=O)(C(C)C)[Si](C)(C)C. The van der Waals surface area contributed by atoms with E-state index < -0.39 is 14.4 Å². The molecular weight excluding hydrogens is 183 g/mol. The summed E-state index contributed by atoms with van der Waals surface area (Å²) in [5.74, 6) is 0. The summed E-state index contributed by atoms with van der Waals surface area (Å²) < 4.78 is 12.7. The lowest BCUT2D eigenvalue weighted by Crippen LogP contribution is -2.30. The van der Waals surface area contributed by atoms with E-state index in [2.05, 4.69) is 47.3 Å². The molecule has 0 N–H and O–H groups in total. The Hall–Kier alpha value is 0.447. The molecule has 0 spiro atoms. The Bertz CT molecular complexity index is 179.